The Hall–Kier alpha value is -2.11. The second-order valence-corrected chi connectivity index (χ2v) is 7.21. The first-order valence-electron chi connectivity index (χ1n) is 9.36. The molecule has 6 heteroatoms. The summed E-state index contributed by atoms with van der Waals surface area (Å²) in [5, 5.41) is 0. The number of fused-ring (bicyclic) bond motifs is 1. The van der Waals surface area contributed by atoms with E-state index in [0.29, 0.717) is 11.8 Å². The average Bonchev–Trinajstić information content (AvgIpc) is 3.07. The van der Waals surface area contributed by atoms with Crippen molar-refractivity contribution in [2.45, 2.75) is 58.4 Å². The zero-order valence-corrected chi connectivity index (χ0v) is 15.5. The summed E-state index contributed by atoms with van der Waals surface area (Å²) in [5.41, 5.74) is 2.46. The smallest absolute Gasteiger partial charge is 0.221 e. The lowest BCUT2D eigenvalue weighted by Crippen LogP contribution is -2.35. The number of hydrogen-bond donors (Lipinski definition) is 0. The molecule has 6 nitrogen and oxygen atoms in total. The Kier molecular flexibility index (Phi) is 4.36. The van der Waals surface area contributed by atoms with Gasteiger partial charge in [0.1, 0.15) is 17.5 Å². The van der Waals surface area contributed by atoms with Gasteiger partial charge in [-0.05, 0) is 46.0 Å². The molecule has 0 unspecified atom stereocenters. The molecule has 0 atom stereocenters. The van der Waals surface area contributed by atoms with E-state index < -0.39 is 0 Å². The van der Waals surface area contributed by atoms with Crippen LogP contribution in [0, 0.1) is 13.8 Å². The van der Waals surface area contributed by atoms with Crippen LogP contribution in [-0.4, -0.2) is 39.7 Å². The normalized spacial score (nSPS) is 18.3. The summed E-state index contributed by atoms with van der Waals surface area (Å²) in [5.74, 6) is 4.34. The van der Waals surface area contributed by atoms with Gasteiger partial charge >= 0.3 is 0 Å². The van der Waals surface area contributed by atoms with Crippen molar-refractivity contribution in [3.05, 3.63) is 29.1 Å². The number of aryl methyl sites for hydroxylation is 2. The molecular formula is C19H27N5O. The van der Waals surface area contributed by atoms with Crippen LogP contribution in [0.25, 0.3) is 0 Å². The third kappa shape index (κ3) is 2.98. The van der Waals surface area contributed by atoms with Gasteiger partial charge in [-0.25, -0.2) is 9.97 Å². The molecule has 25 heavy (non-hydrogen) atoms. The van der Waals surface area contributed by atoms with Crippen LogP contribution in [0.4, 0.5) is 5.82 Å². The van der Waals surface area contributed by atoms with Crippen molar-refractivity contribution in [1.82, 2.24) is 19.5 Å². The quantitative estimate of drug-likeness (QED) is 0.859. The molecule has 1 saturated heterocycles. The molecule has 0 spiro atoms. The second-order valence-electron chi connectivity index (χ2n) is 7.21. The number of hydrogen-bond acceptors (Lipinski definition) is 5. The van der Waals surface area contributed by atoms with Gasteiger partial charge in [0.2, 0.25) is 5.88 Å². The summed E-state index contributed by atoms with van der Waals surface area (Å²) in [6.07, 6.45) is 8.13. The summed E-state index contributed by atoms with van der Waals surface area (Å²) in [6.45, 7) is 7.13. The molecule has 2 aliphatic heterocycles. The molecular weight excluding hydrogens is 314 g/mol. The third-order valence-corrected chi connectivity index (χ3v) is 5.57. The van der Waals surface area contributed by atoms with Gasteiger partial charge in [-0.2, -0.15) is 4.98 Å². The molecule has 4 heterocycles. The summed E-state index contributed by atoms with van der Waals surface area (Å²) < 4.78 is 7.89. The number of anilines is 1. The van der Waals surface area contributed by atoms with Crippen LogP contribution in [0.2, 0.25) is 0 Å². The van der Waals surface area contributed by atoms with E-state index in [2.05, 4.69) is 25.6 Å². The fraction of sp³-hybridized carbons (Fsp3) is 0.632. The average molecular weight is 341 g/mol. The summed E-state index contributed by atoms with van der Waals surface area (Å²) in [6, 6.07) is 0. The van der Waals surface area contributed by atoms with Crippen LogP contribution in [0.5, 0.6) is 5.88 Å². The molecule has 0 bridgehead atoms. The predicted molar refractivity (Wildman–Crippen MR) is 97.4 cm³/mol. The number of ether oxygens (including phenoxy) is 1. The lowest BCUT2D eigenvalue weighted by atomic mass is 9.95. The number of nitrogens with zero attached hydrogens (tertiary/aromatic N) is 5. The van der Waals surface area contributed by atoms with Gasteiger partial charge in [-0.1, -0.05) is 0 Å². The summed E-state index contributed by atoms with van der Waals surface area (Å²) in [7, 11) is 1.67. The Morgan fingerprint density at radius 3 is 2.64 bits per heavy atom. The van der Waals surface area contributed by atoms with Crippen LogP contribution < -0.4 is 9.64 Å². The molecule has 1 fully saturated rings. The fourth-order valence-corrected chi connectivity index (χ4v) is 4.23. The maximum atomic E-state index is 5.41. The van der Waals surface area contributed by atoms with Crippen molar-refractivity contribution in [1.29, 1.82) is 0 Å². The van der Waals surface area contributed by atoms with Crippen molar-refractivity contribution in [2.24, 2.45) is 0 Å². The lowest BCUT2D eigenvalue weighted by molar-refractivity contribution is 0.391. The highest BCUT2D eigenvalue weighted by Crippen LogP contribution is 2.33. The molecule has 4 rings (SSSR count). The van der Waals surface area contributed by atoms with Crippen molar-refractivity contribution >= 4 is 5.82 Å². The Morgan fingerprint density at radius 1 is 1.08 bits per heavy atom. The first-order valence-corrected chi connectivity index (χ1v) is 9.36. The van der Waals surface area contributed by atoms with Crippen LogP contribution >= 0.6 is 0 Å². The number of aromatic nitrogens is 4. The minimum atomic E-state index is 0.563. The van der Waals surface area contributed by atoms with Gasteiger partial charge in [0.15, 0.2) is 0 Å². The van der Waals surface area contributed by atoms with Crippen molar-refractivity contribution in [3.63, 3.8) is 0 Å². The van der Waals surface area contributed by atoms with E-state index in [1.165, 1.54) is 30.8 Å². The van der Waals surface area contributed by atoms with Gasteiger partial charge in [-0.3, -0.25) is 0 Å². The largest absolute Gasteiger partial charge is 0.481 e. The number of rotatable bonds is 3. The molecule has 2 aromatic rings. The number of methoxy groups -OCH3 is 1. The SMILES string of the molecule is COc1nc(C)nc(N2CCC(c3ncc4n3CCCC4)CC2)c1C. The third-order valence-electron chi connectivity index (χ3n) is 5.57. The van der Waals surface area contributed by atoms with Crippen LogP contribution in [0.3, 0.4) is 0 Å². The Bertz CT molecular complexity index is 761. The van der Waals surface area contributed by atoms with Gasteiger partial charge in [0.05, 0.1) is 12.7 Å². The molecule has 2 aliphatic rings. The highest BCUT2D eigenvalue weighted by molar-refractivity contribution is 5.51. The van der Waals surface area contributed by atoms with Crippen LogP contribution in [0.1, 0.15) is 54.5 Å². The molecule has 0 saturated carbocycles. The van der Waals surface area contributed by atoms with Crippen LogP contribution in [0.15, 0.2) is 6.20 Å². The first kappa shape index (κ1) is 16.4. The molecule has 0 amide bonds. The molecule has 0 aliphatic carbocycles. The zero-order chi connectivity index (χ0) is 17.4. The molecule has 0 radical (unpaired) electrons. The van der Waals surface area contributed by atoms with E-state index in [1.807, 2.05) is 13.8 Å². The van der Waals surface area contributed by atoms with E-state index >= 15 is 0 Å². The maximum absolute atomic E-state index is 5.41. The standard InChI is InChI=1S/C19H27N5O/c1-13-17(21-14(2)22-19(13)25-3)23-10-7-15(8-11-23)18-20-12-16-6-4-5-9-24(16)18/h12,15H,4-11H2,1-3H3. The van der Waals surface area contributed by atoms with Crippen molar-refractivity contribution in [3.8, 4) is 5.88 Å². The molecule has 134 valence electrons. The lowest BCUT2D eigenvalue weighted by Gasteiger charge is -2.34. The predicted octanol–water partition coefficient (Wildman–Crippen LogP) is 3.02. The van der Waals surface area contributed by atoms with Gasteiger partial charge in [0, 0.05) is 37.4 Å². The maximum Gasteiger partial charge on any atom is 0.221 e. The summed E-state index contributed by atoms with van der Waals surface area (Å²) >= 11 is 0. The van der Waals surface area contributed by atoms with Gasteiger partial charge in [-0.15, -0.1) is 0 Å². The highest BCUT2D eigenvalue weighted by Gasteiger charge is 2.28. The topological polar surface area (TPSA) is 56.1 Å². The first-order chi connectivity index (χ1) is 12.2. The van der Waals surface area contributed by atoms with E-state index in [9.17, 15) is 0 Å². The Labute approximate surface area is 149 Å². The molecule has 0 aromatic carbocycles. The van der Waals surface area contributed by atoms with Crippen molar-refractivity contribution in [2.75, 3.05) is 25.1 Å². The Balaban J connectivity index is 1.51. The zero-order valence-electron chi connectivity index (χ0n) is 15.5. The molecule has 0 N–H and O–H groups in total. The van der Waals surface area contributed by atoms with E-state index in [4.69, 9.17) is 9.72 Å². The summed E-state index contributed by atoms with van der Waals surface area (Å²) in [4.78, 5) is 16.2. The molecule has 2 aromatic heterocycles. The highest BCUT2D eigenvalue weighted by atomic mass is 16.5. The van der Waals surface area contributed by atoms with E-state index in [0.717, 1.165) is 49.7 Å². The minimum absolute atomic E-state index is 0.563. The number of piperidine rings is 1. The Morgan fingerprint density at radius 2 is 1.88 bits per heavy atom. The van der Waals surface area contributed by atoms with E-state index in [-0.39, 0.29) is 0 Å². The minimum Gasteiger partial charge on any atom is -0.481 e. The fourth-order valence-electron chi connectivity index (χ4n) is 4.23. The monoisotopic (exact) mass is 341 g/mol. The second kappa shape index (κ2) is 6.65. The van der Waals surface area contributed by atoms with E-state index in [1.54, 1.807) is 7.11 Å². The van der Waals surface area contributed by atoms with Gasteiger partial charge in [0.25, 0.3) is 0 Å². The van der Waals surface area contributed by atoms with Crippen LogP contribution in [-0.2, 0) is 13.0 Å². The van der Waals surface area contributed by atoms with Crippen molar-refractivity contribution < 1.29 is 4.74 Å². The van der Waals surface area contributed by atoms with Gasteiger partial charge < -0.3 is 14.2 Å². The number of imidazole rings is 1.